The lowest BCUT2D eigenvalue weighted by Crippen LogP contribution is -2.11. The van der Waals surface area contributed by atoms with Gasteiger partial charge in [-0.15, -0.1) is 0 Å². The molecule has 0 spiro atoms. The highest BCUT2D eigenvalue weighted by Gasteiger charge is 2.19. The third-order valence-electron chi connectivity index (χ3n) is 4.30. The second-order valence-electron chi connectivity index (χ2n) is 5.80. The smallest absolute Gasteiger partial charge is 0.162 e. The van der Waals surface area contributed by atoms with E-state index in [0.717, 1.165) is 46.7 Å². The van der Waals surface area contributed by atoms with Crippen LogP contribution in [-0.4, -0.2) is 28.5 Å². The van der Waals surface area contributed by atoms with E-state index in [1.807, 2.05) is 18.2 Å². The lowest BCUT2D eigenvalue weighted by molar-refractivity contribution is 0.201. The van der Waals surface area contributed by atoms with Crippen molar-refractivity contribution in [3.8, 4) is 11.5 Å². The molecule has 1 aromatic heterocycles. The number of aliphatic hydroxyl groups is 1. The zero-order valence-electron chi connectivity index (χ0n) is 13.3. The van der Waals surface area contributed by atoms with Gasteiger partial charge < -0.3 is 14.6 Å². The predicted molar refractivity (Wildman–Crippen MR) is 88.5 cm³/mol. The Labute approximate surface area is 135 Å². The SMILES string of the molecule is C=C(c1ccc(OC)c(OC2CCCC2)c1)c1[nH]ncc1CO. The summed E-state index contributed by atoms with van der Waals surface area (Å²) in [5, 5.41) is 16.3. The Hall–Kier alpha value is -2.27. The molecule has 122 valence electrons. The van der Waals surface area contributed by atoms with Crippen LogP contribution in [0.4, 0.5) is 0 Å². The fourth-order valence-corrected chi connectivity index (χ4v) is 2.98. The largest absolute Gasteiger partial charge is 0.493 e. The summed E-state index contributed by atoms with van der Waals surface area (Å²) in [6.07, 6.45) is 6.47. The van der Waals surface area contributed by atoms with E-state index in [2.05, 4.69) is 16.8 Å². The summed E-state index contributed by atoms with van der Waals surface area (Å²) >= 11 is 0. The quantitative estimate of drug-likeness (QED) is 0.858. The van der Waals surface area contributed by atoms with E-state index < -0.39 is 0 Å². The fraction of sp³-hybridized carbons (Fsp3) is 0.389. The Kier molecular flexibility index (Phi) is 4.67. The number of ether oxygens (including phenoxy) is 2. The van der Waals surface area contributed by atoms with Crippen LogP contribution in [0.5, 0.6) is 11.5 Å². The molecule has 1 aliphatic carbocycles. The summed E-state index contributed by atoms with van der Waals surface area (Å²) in [5.41, 5.74) is 3.15. The van der Waals surface area contributed by atoms with Crippen LogP contribution < -0.4 is 9.47 Å². The van der Waals surface area contributed by atoms with Gasteiger partial charge in [-0.05, 0) is 43.4 Å². The average molecular weight is 314 g/mol. The lowest BCUT2D eigenvalue weighted by Gasteiger charge is -2.17. The fourth-order valence-electron chi connectivity index (χ4n) is 2.98. The number of aromatic amines is 1. The predicted octanol–water partition coefficient (Wildman–Crippen LogP) is 3.29. The van der Waals surface area contributed by atoms with Crippen LogP contribution in [0.2, 0.25) is 0 Å². The zero-order valence-corrected chi connectivity index (χ0v) is 13.3. The first-order chi connectivity index (χ1) is 11.2. The van der Waals surface area contributed by atoms with E-state index >= 15 is 0 Å². The van der Waals surface area contributed by atoms with Crippen molar-refractivity contribution < 1.29 is 14.6 Å². The maximum Gasteiger partial charge on any atom is 0.162 e. The molecule has 1 aromatic carbocycles. The van der Waals surface area contributed by atoms with Gasteiger partial charge in [0.15, 0.2) is 11.5 Å². The number of nitrogens with zero attached hydrogens (tertiary/aromatic N) is 1. The van der Waals surface area contributed by atoms with Crippen molar-refractivity contribution in [3.05, 3.63) is 47.8 Å². The molecule has 2 N–H and O–H groups in total. The molecule has 0 radical (unpaired) electrons. The monoisotopic (exact) mass is 314 g/mol. The van der Waals surface area contributed by atoms with Crippen molar-refractivity contribution in [3.63, 3.8) is 0 Å². The normalized spacial score (nSPS) is 14.9. The van der Waals surface area contributed by atoms with Gasteiger partial charge in [-0.2, -0.15) is 5.10 Å². The number of hydrogen-bond donors (Lipinski definition) is 2. The van der Waals surface area contributed by atoms with Gasteiger partial charge in [-0.1, -0.05) is 12.6 Å². The van der Waals surface area contributed by atoms with E-state index in [0.29, 0.717) is 0 Å². The summed E-state index contributed by atoms with van der Waals surface area (Å²) in [5.74, 6) is 1.46. The third kappa shape index (κ3) is 3.24. The summed E-state index contributed by atoms with van der Waals surface area (Å²) in [4.78, 5) is 0. The molecular formula is C18H22N2O3. The van der Waals surface area contributed by atoms with Gasteiger partial charge in [0.2, 0.25) is 0 Å². The minimum atomic E-state index is -0.0769. The second-order valence-corrected chi connectivity index (χ2v) is 5.80. The molecule has 5 heteroatoms. The Bertz CT molecular complexity index is 687. The number of nitrogens with one attached hydrogen (secondary N) is 1. The first kappa shape index (κ1) is 15.6. The van der Waals surface area contributed by atoms with Crippen molar-refractivity contribution in [2.45, 2.75) is 38.4 Å². The highest BCUT2D eigenvalue weighted by molar-refractivity contribution is 5.78. The summed E-state index contributed by atoms with van der Waals surface area (Å²) < 4.78 is 11.5. The number of aliphatic hydroxyl groups excluding tert-OH is 1. The minimum absolute atomic E-state index is 0.0769. The highest BCUT2D eigenvalue weighted by atomic mass is 16.5. The molecule has 0 atom stereocenters. The van der Waals surface area contributed by atoms with Crippen LogP contribution in [0.15, 0.2) is 31.0 Å². The maximum absolute atomic E-state index is 9.38. The number of rotatable bonds is 6. The zero-order chi connectivity index (χ0) is 16.2. The second kappa shape index (κ2) is 6.87. The van der Waals surface area contributed by atoms with E-state index in [9.17, 15) is 5.11 Å². The molecule has 3 rings (SSSR count). The molecule has 1 fully saturated rings. The van der Waals surface area contributed by atoms with Crippen LogP contribution >= 0.6 is 0 Å². The van der Waals surface area contributed by atoms with Gasteiger partial charge in [-0.25, -0.2) is 0 Å². The first-order valence-corrected chi connectivity index (χ1v) is 7.90. The highest BCUT2D eigenvalue weighted by Crippen LogP contribution is 2.35. The van der Waals surface area contributed by atoms with Crippen LogP contribution in [0.3, 0.4) is 0 Å². The topological polar surface area (TPSA) is 67.4 Å². The maximum atomic E-state index is 9.38. The van der Waals surface area contributed by atoms with Crippen molar-refractivity contribution in [1.29, 1.82) is 0 Å². The third-order valence-corrected chi connectivity index (χ3v) is 4.30. The van der Waals surface area contributed by atoms with Crippen molar-refractivity contribution in [2.24, 2.45) is 0 Å². The van der Waals surface area contributed by atoms with Gasteiger partial charge in [0.25, 0.3) is 0 Å². The minimum Gasteiger partial charge on any atom is -0.493 e. The number of aromatic nitrogens is 2. The van der Waals surface area contributed by atoms with Crippen molar-refractivity contribution in [2.75, 3.05) is 7.11 Å². The molecule has 0 saturated heterocycles. The number of benzene rings is 1. The molecule has 23 heavy (non-hydrogen) atoms. The lowest BCUT2D eigenvalue weighted by atomic mass is 10.0. The van der Waals surface area contributed by atoms with Crippen LogP contribution in [0.1, 0.15) is 42.5 Å². The Morgan fingerprint density at radius 3 is 2.83 bits per heavy atom. The Morgan fingerprint density at radius 2 is 2.13 bits per heavy atom. The summed E-state index contributed by atoms with van der Waals surface area (Å²) in [6, 6.07) is 5.77. The molecule has 5 nitrogen and oxygen atoms in total. The van der Waals surface area contributed by atoms with E-state index in [1.165, 1.54) is 12.8 Å². The van der Waals surface area contributed by atoms with Crippen LogP contribution in [0, 0.1) is 0 Å². The molecule has 1 heterocycles. The molecule has 2 aromatic rings. The molecule has 0 bridgehead atoms. The number of H-pyrrole nitrogens is 1. The average Bonchev–Trinajstić information content (AvgIpc) is 3.25. The molecule has 0 unspecified atom stereocenters. The van der Waals surface area contributed by atoms with Crippen LogP contribution in [-0.2, 0) is 6.61 Å². The van der Waals surface area contributed by atoms with Gasteiger partial charge >= 0.3 is 0 Å². The number of methoxy groups -OCH3 is 1. The van der Waals surface area contributed by atoms with Crippen molar-refractivity contribution in [1.82, 2.24) is 10.2 Å². The Morgan fingerprint density at radius 1 is 1.35 bits per heavy atom. The molecule has 0 amide bonds. The molecule has 1 aliphatic rings. The molecular weight excluding hydrogens is 292 g/mol. The summed E-state index contributed by atoms with van der Waals surface area (Å²) in [7, 11) is 1.64. The van der Waals surface area contributed by atoms with Gasteiger partial charge in [-0.3, -0.25) is 5.10 Å². The van der Waals surface area contributed by atoms with Gasteiger partial charge in [0.05, 0.1) is 31.7 Å². The molecule has 0 aliphatic heterocycles. The van der Waals surface area contributed by atoms with E-state index in [-0.39, 0.29) is 12.7 Å². The molecule has 1 saturated carbocycles. The van der Waals surface area contributed by atoms with E-state index in [1.54, 1.807) is 13.3 Å². The van der Waals surface area contributed by atoms with E-state index in [4.69, 9.17) is 9.47 Å². The van der Waals surface area contributed by atoms with Crippen molar-refractivity contribution >= 4 is 5.57 Å². The van der Waals surface area contributed by atoms with Gasteiger partial charge in [0.1, 0.15) is 0 Å². The summed E-state index contributed by atoms with van der Waals surface area (Å²) in [6.45, 7) is 4.05. The first-order valence-electron chi connectivity index (χ1n) is 7.90. The Balaban J connectivity index is 1.89. The van der Waals surface area contributed by atoms with Gasteiger partial charge in [0, 0.05) is 11.1 Å². The van der Waals surface area contributed by atoms with Crippen LogP contribution in [0.25, 0.3) is 5.57 Å². The standard InChI is InChI=1S/C18H22N2O3/c1-12(18-14(11-21)10-19-20-18)13-7-8-16(22-2)17(9-13)23-15-5-3-4-6-15/h7-10,15,21H,1,3-6,11H2,2H3,(H,19,20). The number of hydrogen-bond acceptors (Lipinski definition) is 4.